The topological polar surface area (TPSA) is 80.1 Å². The fourth-order valence-corrected chi connectivity index (χ4v) is 4.39. The normalized spacial score (nSPS) is 26.8. The Morgan fingerprint density at radius 1 is 1.24 bits per heavy atom. The van der Waals surface area contributed by atoms with Crippen molar-refractivity contribution in [2.45, 2.75) is 44.2 Å². The minimum Gasteiger partial charge on any atom is -0.353 e. The van der Waals surface area contributed by atoms with Crippen LogP contribution in [-0.4, -0.2) is 39.2 Å². The highest BCUT2D eigenvalue weighted by molar-refractivity contribution is 7.13. The Morgan fingerprint density at radius 2 is 2.08 bits per heavy atom. The molecule has 2 aliphatic rings. The monoisotopic (exact) mass is 359 g/mol. The molecule has 1 aliphatic heterocycles. The average molecular weight is 359 g/mol. The molecular weight excluding hydrogens is 338 g/mol. The van der Waals surface area contributed by atoms with Crippen molar-refractivity contribution < 1.29 is 9.59 Å². The Morgan fingerprint density at radius 3 is 2.76 bits per heavy atom. The van der Waals surface area contributed by atoms with E-state index in [0.29, 0.717) is 17.7 Å². The fraction of sp³-hybridized carbons (Fsp3) is 0.529. The van der Waals surface area contributed by atoms with Gasteiger partial charge < -0.3 is 5.32 Å². The van der Waals surface area contributed by atoms with Crippen LogP contribution in [0.15, 0.2) is 30.0 Å². The number of amides is 2. The first-order chi connectivity index (χ1) is 12.2. The third-order valence-corrected chi connectivity index (χ3v) is 5.88. The molecule has 4 rings (SSSR count). The van der Waals surface area contributed by atoms with Gasteiger partial charge in [0.15, 0.2) is 5.13 Å². The van der Waals surface area contributed by atoms with Crippen molar-refractivity contribution in [3.8, 4) is 0 Å². The van der Waals surface area contributed by atoms with Gasteiger partial charge in [-0.3, -0.25) is 19.2 Å². The van der Waals surface area contributed by atoms with Gasteiger partial charge in [-0.15, -0.1) is 11.3 Å². The zero-order chi connectivity index (χ0) is 17.2. The first kappa shape index (κ1) is 16.3. The van der Waals surface area contributed by atoms with Crippen LogP contribution in [0.1, 0.15) is 38.1 Å². The van der Waals surface area contributed by atoms with E-state index in [1.54, 1.807) is 17.3 Å². The summed E-state index contributed by atoms with van der Waals surface area (Å²) >= 11 is 1.43. The molecule has 132 valence electrons. The highest BCUT2D eigenvalue weighted by atomic mass is 32.1. The second-order valence-electron chi connectivity index (χ2n) is 6.72. The molecule has 0 aromatic carbocycles. The summed E-state index contributed by atoms with van der Waals surface area (Å²) in [4.78, 5) is 30.5. The number of hydrogen-bond donors (Lipinski definition) is 1. The molecule has 7 nitrogen and oxygen atoms in total. The van der Waals surface area contributed by atoms with E-state index in [0.717, 1.165) is 25.7 Å². The Hall–Kier alpha value is -2.22. The molecule has 0 radical (unpaired) electrons. The molecule has 1 unspecified atom stereocenters. The third-order valence-electron chi connectivity index (χ3n) is 5.09. The lowest BCUT2D eigenvalue weighted by Crippen LogP contribution is -2.42. The highest BCUT2D eigenvalue weighted by Crippen LogP contribution is 2.29. The Labute approximate surface area is 150 Å². The summed E-state index contributed by atoms with van der Waals surface area (Å²) in [5, 5.41) is 9.98. The summed E-state index contributed by atoms with van der Waals surface area (Å²) in [6, 6.07) is 2.57. The number of nitrogens with one attached hydrogen (secondary N) is 1. The van der Waals surface area contributed by atoms with E-state index in [4.69, 9.17) is 0 Å². The molecule has 25 heavy (non-hydrogen) atoms. The number of thiazole rings is 1. The smallest absolute Gasteiger partial charge is 0.229 e. The zero-order valence-electron chi connectivity index (χ0n) is 13.9. The van der Waals surface area contributed by atoms with Crippen LogP contribution in [-0.2, 0) is 9.59 Å². The number of nitrogens with zero attached hydrogens (tertiary/aromatic N) is 4. The van der Waals surface area contributed by atoms with Crippen molar-refractivity contribution in [3.63, 3.8) is 0 Å². The second kappa shape index (κ2) is 6.95. The average Bonchev–Trinajstić information content (AvgIpc) is 3.37. The molecule has 2 aromatic heterocycles. The van der Waals surface area contributed by atoms with Crippen molar-refractivity contribution in [1.82, 2.24) is 20.1 Å². The lowest BCUT2D eigenvalue weighted by Gasteiger charge is -2.30. The van der Waals surface area contributed by atoms with Crippen LogP contribution in [0.5, 0.6) is 0 Å². The van der Waals surface area contributed by atoms with Crippen molar-refractivity contribution in [2.75, 3.05) is 11.4 Å². The molecular formula is C17H21N5O2S. The zero-order valence-corrected chi connectivity index (χ0v) is 14.7. The molecule has 0 bridgehead atoms. The summed E-state index contributed by atoms with van der Waals surface area (Å²) in [6.45, 7) is 0.431. The lowest BCUT2D eigenvalue weighted by atomic mass is 9.91. The molecule has 1 saturated heterocycles. The number of carbonyl (C=O) groups excluding carboxylic acids is 2. The maximum atomic E-state index is 12.6. The van der Waals surface area contributed by atoms with Crippen LogP contribution in [0, 0.1) is 5.92 Å². The van der Waals surface area contributed by atoms with Crippen LogP contribution in [0.3, 0.4) is 0 Å². The lowest BCUT2D eigenvalue weighted by molar-refractivity contribution is -0.127. The number of hydrogen-bond acceptors (Lipinski definition) is 5. The molecule has 1 N–H and O–H groups in total. The summed E-state index contributed by atoms with van der Waals surface area (Å²) in [7, 11) is 0. The molecule has 3 heterocycles. The second-order valence-corrected chi connectivity index (χ2v) is 7.59. The van der Waals surface area contributed by atoms with Gasteiger partial charge in [0.25, 0.3) is 0 Å². The van der Waals surface area contributed by atoms with Crippen LogP contribution in [0.25, 0.3) is 0 Å². The van der Waals surface area contributed by atoms with Crippen LogP contribution < -0.4 is 10.2 Å². The number of carbonyl (C=O) groups is 2. The van der Waals surface area contributed by atoms with E-state index in [2.05, 4.69) is 15.4 Å². The van der Waals surface area contributed by atoms with Gasteiger partial charge >= 0.3 is 0 Å². The largest absolute Gasteiger partial charge is 0.353 e. The van der Waals surface area contributed by atoms with Gasteiger partial charge in [0.2, 0.25) is 11.8 Å². The van der Waals surface area contributed by atoms with Gasteiger partial charge in [0.1, 0.15) is 0 Å². The van der Waals surface area contributed by atoms with Gasteiger partial charge in [-0.1, -0.05) is 0 Å². The third kappa shape index (κ3) is 3.44. The van der Waals surface area contributed by atoms with E-state index >= 15 is 0 Å². The van der Waals surface area contributed by atoms with Gasteiger partial charge in [0.05, 0.1) is 12.0 Å². The standard InChI is InChI=1S/C17H21N5O2S/c23-15-10-12(11-21(15)17-18-7-9-25-17)16(24)20-13-2-4-14(5-3-13)22-8-1-6-19-22/h1,6-9,12-14H,2-5,10-11H2,(H,20,24). The molecule has 1 saturated carbocycles. The van der Waals surface area contributed by atoms with Crippen molar-refractivity contribution in [2.24, 2.45) is 5.92 Å². The molecule has 2 aromatic rings. The molecule has 1 atom stereocenters. The Balaban J connectivity index is 1.29. The predicted molar refractivity (Wildman–Crippen MR) is 94.2 cm³/mol. The van der Waals surface area contributed by atoms with Crippen molar-refractivity contribution in [1.29, 1.82) is 0 Å². The fourth-order valence-electron chi connectivity index (χ4n) is 3.72. The summed E-state index contributed by atoms with van der Waals surface area (Å²) in [5.41, 5.74) is 0. The maximum Gasteiger partial charge on any atom is 0.229 e. The number of aromatic nitrogens is 3. The SMILES string of the molecule is O=C(NC1CCC(n2cccn2)CC1)C1CC(=O)N(c2nccs2)C1. The molecule has 8 heteroatoms. The van der Waals surface area contributed by atoms with Crippen LogP contribution in [0.2, 0.25) is 0 Å². The van der Waals surface area contributed by atoms with E-state index in [-0.39, 0.29) is 30.2 Å². The van der Waals surface area contributed by atoms with E-state index < -0.39 is 0 Å². The molecule has 1 aliphatic carbocycles. The quantitative estimate of drug-likeness (QED) is 0.905. The van der Waals surface area contributed by atoms with Gasteiger partial charge in [-0.05, 0) is 31.7 Å². The van der Waals surface area contributed by atoms with Crippen molar-refractivity contribution >= 4 is 28.3 Å². The van der Waals surface area contributed by atoms with Gasteiger partial charge in [0, 0.05) is 43.0 Å². The number of anilines is 1. The molecule has 2 fully saturated rings. The minimum absolute atomic E-state index is 0.00468. The Kier molecular flexibility index (Phi) is 4.52. The first-order valence-electron chi connectivity index (χ1n) is 8.70. The van der Waals surface area contributed by atoms with Gasteiger partial charge in [-0.25, -0.2) is 4.98 Å². The first-order valence-corrected chi connectivity index (χ1v) is 9.58. The van der Waals surface area contributed by atoms with Crippen LogP contribution in [0.4, 0.5) is 5.13 Å². The van der Waals surface area contributed by atoms with E-state index in [1.165, 1.54) is 11.3 Å². The summed E-state index contributed by atoms with van der Waals surface area (Å²) in [6.07, 6.45) is 9.69. The maximum absolute atomic E-state index is 12.6. The molecule has 2 amide bonds. The van der Waals surface area contributed by atoms with E-state index in [9.17, 15) is 9.59 Å². The van der Waals surface area contributed by atoms with Crippen LogP contribution >= 0.6 is 11.3 Å². The highest BCUT2D eigenvalue weighted by Gasteiger charge is 2.37. The number of rotatable bonds is 4. The van der Waals surface area contributed by atoms with Crippen molar-refractivity contribution in [3.05, 3.63) is 30.0 Å². The van der Waals surface area contributed by atoms with E-state index in [1.807, 2.05) is 22.3 Å². The summed E-state index contributed by atoms with van der Waals surface area (Å²) < 4.78 is 2.01. The Bertz CT molecular complexity index is 722. The minimum atomic E-state index is -0.278. The predicted octanol–water partition coefficient (Wildman–Crippen LogP) is 1.99. The molecule has 0 spiro atoms. The van der Waals surface area contributed by atoms with Gasteiger partial charge in [-0.2, -0.15) is 5.10 Å². The summed E-state index contributed by atoms with van der Waals surface area (Å²) in [5.74, 6) is -0.298.